The van der Waals surface area contributed by atoms with Crippen LogP contribution in [0.4, 0.5) is 4.79 Å². The van der Waals surface area contributed by atoms with Gasteiger partial charge in [0.2, 0.25) is 0 Å². The molecule has 18 heavy (non-hydrogen) atoms. The smallest absolute Gasteiger partial charge is 0.410 e. The van der Waals surface area contributed by atoms with E-state index in [-0.39, 0.29) is 23.6 Å². The fourth-order valence-electron chi connectivity index (χ4n) is 2.62. The van der Waals surface area contributed by atoms with Crippen LogP contribution in [0.1, 0.15) is 41.0 Å². The third kappa shape index (κ3) is 4.46. The fourth-order valence-corrected chi connectivity index (χ4v) is 2.62. The molecule has 0 bridgehead atoms. The summed E-state index contributed by atoms with van der Waals surface area (Å²) in [5.41, 5.74) is 11.2. The van der Waals surface area contributed by atoms with Gasteiger partial charge in [0.05, 0.1) is 0 Å². The van der Waals surface area contributed by atoms with Gasteiger partial charge in [-0.25, -0.2) is 4.79 Å². The van der Waals surface area contributed by atoms with Crippen molar-refractivity contribution < 1.29 is 9.53 Å². The highest BCUT2D eigenvalue weighted by Gasteiger charge is 2.35. The van der Waals surface area contributed by atoms with Crippen molar-refractivity contribution in [1.82, 2.24) is 4.90 Å². The minimum atomic E-state index is -0.480. The van der Waals surface area contributed by atoms with E-state index in [1.165, 1.54) is 0 Å². The zero-order chi connectivity index (χ0) is 14.1. The number of likely N-dealkylation sites (tertiary alicyclic amines) is 1. The van der Waals surface area contributed by atoms with E-state index in [1.54, 1.807) is 4.90 Å². The van der Waals surface area contributed by atoms with Gasteiger partial charge in [-0.15, -0.1) is 0 Å². The van der Waals surface area contributed by atoms with Crippen LogP contribution in [-0.4, -0.2) is 41.8 Å². The van der Waals surface area contributed by atoms with E-state index in [0.29, 0.717) is 13.1 Å². The Balaban J connectivity index is 2.54. The Morgan fingerprint density at radius 1 is 1.17 bits per heavy atom. The van der Waals surface area contributed by atoms with Crippen molar-refractivity contribution >= 4 is 6.09 Å². The van der Waals surface area contributed by atoms with Crippen LogP contribution in [0.2, 0.25) is 0 Å². The number of hydrogen-bond acceptors (Lipinski definition) is 4. The van der Waals surface area contributed by atoms with Crippen molar-refractivity contribution in [2.75, 3.05) is 13.1 Å². The minimum Gasteiger partial charge on any atom is -0.443 e. The van der Waals surface area contributed by atoms with Crippen LogP contribution in [0.5, 0.6) is 0 Å². The third-order valence-corrected chi connectivity index (χ3v) is 2.99. The molecule has 2 atom stereocenters. The van der Waals surface area contributed by atoms with Crippen molar-refractivity contribution in [3.05, 3.63) is 0 Å². The van der Waals surface area contributed by atoms with Crippen molar-refractivity contribution in [2.24, 2.45) is 16.9 Å². The number of nitrogens with two attached hydrogens (primary N) is 2. The first-order valence-corrected chi connectivity index (χ1v) is 6.49. The van der Waals surface area contributed by atoms with Gasteiger partial charge in [-0.2, -0.15) is 0 Å². The predicted molar refractivity (Wildman–Crippen MR) is 72.2 cm³/mol. The Bertz CT molecular complexity index is 300. The van der Waals surface area contributed by atoms with E-state index in [4.69, 9.17) is 16.2 Å². The molecule has 0 spiro atoms. The Morgan fingerprint density at radius 3 is 2.00 bits per heavy atom. The van der Waals surface area contributed by atoms with Crippen LogP contribution < -0.4 is 11.5 Å². The number of ether oxygens (including phenoxy) is 1. The fraction of sp³-hybridized carbons (Fsp3) is 0.923. The molecule has 1 aliphatic rings. The second-order valence-electron chi connectivity index (χ2n) is 7.10. The molecular formula is C13H27N3O2. The lowest BCUT2D eigenvalue weighted by atomic mass is 9.84. The van der Waals surface area contributed by atoms with Crippen molar-refractivity contribution in [1.29, 1.82) is 0 Å². The number of amides is 1. The summed E-state index contributed by atoms with van der Waals surface area (Å²) in [5, 5.41) is 0. The topological polar surface area (TPSA) is 81.6 Å². The van der Waals surface area contributed by atoms with E-state index in [0.717, 1.165) is 6.42 Å². The molecule has 0 aliphatic carbocycles. The molecule has 1 heterocycles. The van der Waals surface area contributed by atoms with E-state index in [2.05, 4.69) is 20.8 Å². The van der Waals surface area contributed by atoms with Crippen molar-refractivity contribution in [3.8, 4) is 0 Å². The molecule has 0 aromatic carbocycles. The third-order valence-electron chi connectivity index (χ3n) is 2.99. The van der Waals surface area contributed by atoms with Crippen LogP contribution in [0.15, 0.2) is 0 Å². The maximum atomic E-state index is 12.0. The quantitative estimate of drug-likeness (QED) is 0.781. The average molecular weight is 257 g/mol. The molecule has 5 nitrogen and oxygen atoms in total. The van der Waals surface area contributed by atoms with Gasteiger partial charge in [-0.05, 0) is 25.7 Å². The Labute approximate surface area is 110 Å². The molecule has 0 unspecified atom stereocenters. The molecular weight excluding hydrogens is 230 g/mol. The molecule has 0 radical (unpaired) electrons. The predicted octanol–water partition coefficient (Wildman–Crippen LogP) is 1.31. The molecule has 0 aromatic rings. The highest BCUT2D eigenvalue weighted by atomic mass is 16.6. The van der Waals surface area contributed by atoms with E-state index >= 15 is 0 Å². The summed E-state index contributed by atoms with van der Waals surface area (Å²) >= 11 is 0. The average Bonchev–Trinajstić information content (AvgIpc) is 2.41. The molecule has 1 aliphatic heterocycles. The molecule has 0 aromatic heterocycles. The molecule has 1 rings (SSSR count). The highest BCUT2D eigenvalue weighted by Crippen LogP contribution is 2.30. The van der Waals surface area contributed by atoms with Gasteiger partial charge in [0, 0.05) is 25.2 Å². The molecule has 4 N–H and O–H groups in total. The highest BCUT2D eigenvalue weighted by molar-refractivity contribution is 5.68. The van der Waals surface area contributed by atoms with E-state index in [9.17, 15) is 4.79 Å². The number of hydrogen-bond donors (Lipinski definition) is 2. The largest absolute Gasteiger partial charge is 0.443 e. The van der Waals surface area contributed by atoms with Gasteiger partial charge in [0.15, 0.2) is 0 Å². The first-order chi connectivity index (χ1) is 8.00. The molecule has 5 heteroatoms. The van der Waals surface area contributed by atoms with Gasteiger partial charge in [0.1, 0.15) is 5.60 Å². The molecule has 1 fully saturated rings. The lowest BCUT2D eigenvalue weighted by Crippen LogP contribution is -2.39. The van der Waals surface area contributed by atoms with Gasteiger partial charge < -0.3 is 21.1 Å². The Hall–Kier alpha value is -0.810. The number of rotatable bonds is 2. The summed E-state index contributed by atoms with van der Waals surface area (Å²) in [7, 11) is 0. The summed E-state index contributed by atoms with van der Waals surface area (Å²) in [6, 6.07) is -0.299. The summed E-state index contributed by atoms with van der Waals surface area (Å²) in [4.78, 5) is 13.6. The maximum Gasteiger partial charge on any atom is 0.410 e. The van der Waals surface area contributed by atoms with Gasteiger partial charge >= 0.3 is 6.09 Å². The first-order valence-electron chi connectivity index (χ1n) is 6.49. The van der Waals surface area contributed by atoms with Crippen LogP contribution in [-0.2, 0) is 4.74 Å². The second kappa shape index (κ2) is 5.05. The van der Waals surface area contributed by atoms with Gasteiger partial charge in [-0.1, -0.05) is 20.8 Å². The number of carbonyl (C=O) groups excluding carboxylic acids is 1. The lowest BCUT2D eigenvalue weighted by molar-refractivity contribution is -0.00695. The lowest BCUT2D eigenvalue weighted by Gasteiger charge is -2.33. The molecule has 0 saturated carbocycles. The van der Waals surface area contributed by atoms with Gasteiger partial charge in [0.25, 0.3) is 0 Å². The normalized spacial score (nSPS) is 25.4. The van der Waals surface area contributed by atoms with Crippen molar-refractivity contribution in [3.63, 3.8) is 0 Å². The SMILES string of the molecule is CC(C)(C)CC(C)(C)OC(=O)N1C[C@@H](N)[C@@H](N)C1. The molecule has 1 saturated heterocycles. The van der Waals surface area contributed by atoms with Crippen LogP contribution >= 0.6 is 0 Å². The van der Waals surface area contributed by atoms with Crippen molar-refractivity contribution in [2.45, 2.75) is 58.7 Å². The van der Waals surface area contributed by atoms with E-state index < -0.39 is 5.60 Å². The van der Waals surface area contributed by atoms with E-state index in [1.807, 2.05) is 13.8 Å². The Kier molecular flexibility index (Phi) is 4.28. The summed E-state index contributed by atoms with van der Waals surface area (Å²) in [6.45, 7) is 11.2. The zero-order valence-corrected chi connectivity index (χ0v) is 12.2. The Morgan fingerprint density at radius 2 is 1.61 bits per heavy atom. The monoisotopic (exact) mass is 257 g/mol. The maximum absolute atomic E-state index is 12.0. The first kappa shape index (κ1) is 15.2. The standard InChI is InChI=1S/C13H27N3O2/c1-12(2,3)8-13(4,5)18-11(17)16-6-9(14)10(15)7-16/h9-10H,6-8,14-15H2,1-5H3/t9-,10+. The molecule has 1 amide bonds. The minimum absolute atomic E-state index is 0.113. The van der Waals surface area contributed by atoms with Crippen LogP contribution in [0.3, 0.4) is 0 Å². The second-order valence-corrected chi connectivity index (χ2v) is 7.10. The van der Waals surface area contributed by atoms with Gasteiger partial charge in [-0.3, -0.25) is 0 Å². The van der Waals surface area contributed by atoms with Crippen LogP contribution in [0.25, 0.3) is 0 Å². The number of carbonyl (C=O) groups is 1. The summed E-state index contributed by atoms with van der Waals surface area (Å²) < 4.78 is 5.57. The summed E-state index contributed by atoms with van der Waals surface area (Å²) in [5.74, 6) is 0. The number of nitrogens with zero attached hydrogens (tertiary/aromatic N) is 1. The zero-order valence-electron chi connectivity index (χ0n) is 12.2. The molecule has 106 valence electrons. The summed E-state index contributed by atoms with van der Waals surface area (Å²) in [6.07, 6.45) is 0.491. The van der Waals surface area contributed by atoms with Crippen LogP contribution in [0, 0.1) is 5.41 Å².